The van der Waals surface area contributed by atoms with Crippen LogP contribution in [0.1, 0.15) is 53.2 Å². The SMILES string of the molecule is COc1cc2c(-c3ccc(NC(=O)Cn4cc(C(C)(C)C)nn4)cc3)ncnc2cc1OCC1CCN(C(C)C)CC1. The fourth-order valence-corrected chi connectivity index (χ4v) is 5.19. The van der Waals surface area contributed by atoms with E-state index in [9.17, 15) is 4.79 Å². The standard InChI is InChI=1S/C32H41N7O3/c1-21(2)38-13-11-22(12-14-38)19-42-28-16-26-25(15-27(28)41-6)31(34-20-33-26)23-7-9-24(10-8-23)35-30(40)18-39-17-29(36-37-39)32(3,4)5/h7-10,15-17,20-22H,11-14,18-19H2,1-6H3,(H,35,40). The van der Waals surface area contributed by atoms with Gasteiger partial charge in [-0.15, -0.1) is 5.10 Å². The first-order chi connectivity index (χ1) is 20.1. The molecule has 0 saturated carbocycles. The highest BCUT2D eigenvalue weighted by atomic mass is 16.5. The fraction of sp³-hybridized carbons (Fsp3) is 0.469. The molecule has 42 heavy (non-hydrogen) atoms. The molecule has 2 aromatic carbocycles. The Bertz CT molecular complexity index is 1520. The summed E-state index contributed by atoms with van der Waals surface area (Å²) in [4.78, 5) is 24.2. The summed E-state index contributed by atoms with van der Waals surface area (Å²) in [5.74, 6) is 1.70. The minimum absolute atomic E-state index is 0.0860. The largest absolute Gasteiger partial charge is 0.493 e. The average molecular weight is 572 g/mol. The molecule has 0 atom stereocenters. The molecule has 1 aliphatic rings. The third-order valence-electron chi connectivity index (χ3n) is 7.83. The molecule has 1 N–H and O–H groups in total. The van der Waals surface area contributed by atoms with Gasteiger partial charge in [0.25, 0.3) is 0 Å². The van der Waals surface area contributed by atoms with Crippen molar-refractivity contribution in [2.75, 3.05) is 32.1 Å². The van der Waals surface area contributed by atoms with E-state index in [-0.39, 0.29) is 17.9 Å². The number of carbonyl (C=O) groups excluding carboxylic acids is 1. The second-order valence-electron chi connectivity index (χ2n) is 12.3. The Labute approximate surface area is 247 Å². The van der Waals surface area contributed by atoms with Gasteiger partial charge >= 0.3 is 0 Å². The summed E-state index contributed by atoms with van der Waals surface area (Å²) in [5, 5.41) is 12.1. The maximum Gasteiger partial charge on any atom is 0.246 e. The van der Waals surface area contributed by atoms with E-state index in [2.05, 4.69) is 65.1 Å². The Balaban J connectivity index is 1.26. The summed E-state index contributed by atoms with van der Waals surface area (Å²) in [7, 11) is 1.65. The van der Waals surface area contributed by atoms with E-state index in [1.165, 1.54) is 0 Å². The van der Waals surface area contributed by atoms with Gasteiger partial charge in [-0.05, 0) is 63.9 Å². The number of methoxy groups -OCH3 is 1. The van der Waals surface area contributed by atoms with Crippen molar-refractivity contribution in [2.45, 2.75) is 65.5 Å². The van der Waals surface area contributed by atoms with Crippen LogP contribution in [0.25, 0.3) is 22.2 Å². The molecule has 3 heterocycles. The number of amides is 1. The third kappa shape index (κ3) is 6.87. The minimum atomic E-state index is -0.177. The first-order valence-corrected chi connectivity index (χ1v) is 14.6. The molecule has 10 heteroatoms. The third-order valence-corrected chi connectivity index (χ3v) is 7.83. The zero-order valence-electron chi connectivity index (χ0n) is 25.4. The number of fused-ring (bicyclic) bond motifs is 1. The van der Waals surface area contributed by atoms with E-state index < -0.39 is 0 Å². The summed E-state index contributed by atoms with van der Waals surface area (Å²) in [6, 6.07) is 12.1. The smallest absolute Gasteiger partial charge is 0.246 e. The molecule has 0 aliphatic carbocycles. The van der Waals surface area contributed by atoms with Crippen molar-refractivity contribution in [3.8, 4) is 22.8 Å². The summed E-state index contributed by atoms with van der Waals surface area (Å²) in [5.41, 5.74) is 3.87. The van der Waals surface area contributed by atoms with Crippen molar-refractivity contribution < 1.29 is 14.3 Å². The van der Waals surface area contributed by atoms with Crippen LogP contribution in [0.2, 0.25) is 0 Å². The zero-order valence-corrected chi connectivity index (χ0v) is 25.4. The van der Waals surface area contributed by atoms with Crippen LogP contribution in [0.3, 0.4) is 0 Å². The number of aromatic nitrogens is 5. The number of anilines is 1. The normalized spacial score (nSPS) is 14.8. The number of hydrogen-bond donors (Lipinski definition) is 1. The topological polar surface area (TPSA) is 107 Å². The van der Waals surface area contributed by atoms with Gasteiger partial charge in [0.2, 0.25) is 5.91 Å². The number of benzene rings is 2. The van der Waals surface area contributed by atoms with Crippen molar-refractivity contribution in [2.24, 2.45) is 5.92 Å². The lowest BCUT2D eigenvalue weighted by molar-refractivity contribution is -0.116. The van der Waals surface area contributed by atoms with Crippen molar-refractivity contribution in [1.29, 1.82) is 0 Å². The van der Waals surface area contributed by atoms with E-state index >= 15 is 0 Å². The van der Waals surface area contributed by atoms with Gasteiger partial charge in [-0.25, -0.2) is 14.6 Å². The first-order valence-electron chi connectivity index (χ1n) is 14.6. The Morgan fingerprint density at radius 1 is 1.07 bits per heavy atom. The van der Waals surface area contributed by atoms with Crippen molar-refractivity contribution in [3.63, 3.8) is 0 Å². The zero-order chi connectivity index (χ0) is 29.9. The molecule has 1 amide bonds. The lowest BCUT2D eigenvalue weighted by Gasteiger charge is -2.34. The molecule has 5 rings (SSSR count). The van der Waals surface area contributed by atoms with Gasteiger partial charge in [0, 0.05) is 40.4 Å². The monoisotopic (exact) mass is 571 g/mol. The minimum Gasteiger partial charge on any atom is -0.493 e. The molecule has 1 aliphatic heterocycles. The summed E-state index contributed by atoms with van der Waals surface area (Å²) in [6.07, 6.45) is 5.64. The van der Waals surface area contributed by atoms with Gasteiger partial charge in [0.1, 0.15) is 12.9 Å². The van der Waals surface area contributed by atoms with E-state index in [1.54, 1.807) is 18.1 Å². The number of rotatable bonds is 9. The van der Waals surface area contributed by atoms with Gasteiger partial charge in [0.15, 0.2) is 11.5 Å². The molecule has 0 unspecified atom stereocenters. The highest BCUT2D eigenvalue weighted by molar-refractivity contribution is 5.95. The number of ether oxygens (including phenoxy) is 2. The molecule has 2 aromatic heterocycles. The van der Waals surface area contributed by atoms with Crippen molar-refractivity contribution in [3.05, 3.63) is 54.6 Å². The van der Waals surface area contributed by atoms with Crippen LogP contribution in [0.15, 0.2) is 48.9 Å². The predicted octanol–water partition coefficient (Wildman–Crippen LogP) is 5.33. The van der Waals surface area contributed by atoms with E-state index in [0.29, 0.717) is 35.8 Å². The van der Waals surface area contributed by atoms with Crippen LogP contribution in [0, 0.1) is 5.92 Å². The van der Waals surface area contributed by atoms with E-state index in [1.807, 2.05) is 42.6 Å². The number of nitrogens with one attached hydrogen (secondary N) is 1. The fourth-order valence-electron chi connectivity index (χ4n) is 5.19. The lowest BCUT2D eigenvalue weighted by Crippen LogP contribution is -2.39. The second-order valence-corrected chi connectivity index (χ2v) is 12.3. The molecule has 222 valence electrons. The number of piperidine rings is 1. The van der Waals surface area contributed by atoms with Gasteiger partial charge in [-0.1, -0.05) is 38.1 Å². The van der Waals surface area contributed by atoms with Crippen molar-refractivity contribution in [1.82, 2.24) is 29.9 Å². The van der Waals surface area contributed by atoms with Crippen molar-refractivity contribution >= 4 is 22.5 Å². The molecule has 1 saturated heterocycles. The molecule has 1 fully saturated rings. The molecule has 0 radical (unpaired) electrons. The first kappa shape index (κ1) is 29.4. The summed E-state index contributed by atoms with van der Waals surface area (Å²) >= 11 is 0. The molecule has 0 bridgehead atoms. The highest BCUT2D eigenvalue weighted by Gasteiger charge is 2.22. The molecule has 0 spiro atoms. The molecule has 10 nitrogen and oxygen atoms in total. The highest BCUT2D eigenvalue weighted by Crippen LogP contribution is 2.36. The van der Waals surface area contributed by atoms with Crippen LogP contribution in [0.5, 0.6) is 11.5 Å². The van der Waals surface area contributed by atoms with Gasteiger partial charge in [-0.3, -0.25) is 4.79 Å². The Morgan fingerprint density at radius 3 is 2.45 bits per heavy atom. The number of carbonyl (C=O) groups is 1. The quantitative estimate of drug-likeness (QED) is 0.287. The van der Waals surface area contributed by atoms with Crippen LogP contribution in [-0.2, 0) is 16.8 Å². The van der Waals surface area contributed by atoms with Gasteiger partial charge in [0.05, 0.1) is 30.6 Å². The molecule has 4 aromatic rings. The Morgan fingerprint density at radius 2 is 1.81 bits per heavy atom. The van der Waals surface area contributed by atoms with Crippen LogP contribution in [-0.4, -0.2) is 68.6 Å². The maximum absolute atomic E-state index is 12.6. The van der Waals surface area contributed by atoms with Crippen LogP contribution in [0.4, 0.5) is 5.69 Å². The van der Waals surface area contributed by atoms with Gasteiger partial charge < -0.3 is 19.7 Å². The summed E-state index contributed by atoms with van der Waals surface area (Å²) < 4.78 is 13.5. The summed E-state index contributed by atoms with van der Waals surface area (Å²) in [6.45, 7) is 13.7. The predicted molar refractivity (Wildman–Crippen MR) is 164 cm³/mol. The van der Waals surface area contributed by atoms with E-state index in [4.69, 9.17) is 9.47 Å². The van der Waals surface area contributed by atoms with E-state index in [0.717, 1.165) is 53.8 Å². The average Bonchev–Trinajstić information content (AvgIpc) is 3.45. The van der Waals surface area contributed by atoms with Crippen LogP contribution < -0.4 is 14.8 Å². The Kier molecular flexibility index (Phi) is 8.72. The maximum atomic E-state index is 12.6. The van der Waals surface area contributed by atoms with Crippen LogP contribution >= 0.6 is 0 Å². The van der Waals surface area contributed by atoms with Gasteiger partial charge in [-0.2, -0.15) is 0 Å². The molecular formula is C32H41N7O3. The number of hydrogen-bond acceptors (Lipinski definition) is 8. The number of nitrogens with zero attached hydrogens (tertiary/aromatic N) is 6. The number of likely N-dealkylation sites (tertiary alicyclic amines) is 1. The Hall–Kier alpha value is -4.05. The lowest BCUT2D eigenvalue weighted by atomic mass is 9.93. The molecular weight excluding hydrogens is 530 g/mol. The second kappa shape index (κ2) is 12.4.